The third kappa shape index (κ3) is 6.63. The first-order chi connectivity index (χ1) is 20.8. The van der Waals surface area contributed by atoms with E-state index in [0.29, 0.717) is 41.7 Å². The zero-order valence-electron chi connectivity index (χ0n) is 25.1. The molecule has 1 aromatic carbocycles. The summed E-state index contributed by atoms with van der Waals surface area (Å²) in [6.07, 6.45) is 4.39. The Morgan fingerprint density at radius 2 is 1.86 bits per heavy atom. The van der Waals surface area contributed by atoms with Crippen LogP contribution in [0.2, 0.25) is 5.15 Å². The first kappa shape index (κ1) is 31.2. The highest BCUT2D eigenvalue weighted by atomic mass is 35.5. The molecule has 0 bridgehead atoms. The third-order valence-corrected chi connectivity index (χ3v) is 8.51. The maximum atomic E-state index is 13.7. The van der Waals surface area contributed by atoms with Crippen molar-refractivity contribution in [3.05, 3.63) is 80.5 Å². The average molecular weight is 640 g/mol. The van der Waals surface area contributed by atoms with Crippen LogP contribution >= 0.6 is 11.6 Å². The number of nitrogens with zero attached hydrogens (tertiary/aromatic N) is 5. The molecule has 1 aliphatic rings. The van der Waals surface area contributed by atoms with Gasteiger partial charge in [0.05, 0.1) is 36.0 Å². The van der Waals surface area contributed by atoms with Crippen LogP contribution in [0.4, 0.5) is 11.6 Å². The standard InChI is InChI=1S/C30H34ClN7O5S/c1-17-14-21(18(2)33-23-6-7-24(31)34-27(23)28(39)36-44(5,41)42)26-22(15-17)29(40)37(3)30(35-26)38-12-9-19(10-13-38)20-8-11-32-25(16-20)43-4/h6-8,11,14-16,18-19,33H,9-10,12-13H2,1-5H3,(H,36,39)/t18-/m1/s1. The maximum Gasteiger partial charge on any atom is 0.285 e. The van der Waals surface area contributed by atoms with E-state index in [0.717, 1.165) is 30.2 Å². The van der Waals surface area contributed by atoms with Crippen LogP contribution < -0.4 is 25.2 Å². The zero-order chi connectivity index (χ0) is 31.8. The minimum Gasteiger partial charge on any atom is -0.481 e. The van der Waals surface area contributed by atoms with Gasteiger partial charge < -0.3 is 15.0 Å². The van der Waals surface area contributed by atoms with E-state index in [1.54, 1.807) is 31.0 Å². The van der Waals surface area contributed by atoms with Crippen LogP contribution in [0.25, 0.3) is 10.9 Å². The minimum absolute atomic E-state index is 0.0319. The number of nitrogens with one attached hydrogen (secondary N) is 2. The van der Waals surface area contributed by atoms with Crippen molar-refractivity contribution in [3.63, 3.8) is 0 Å². The summed E-state index contributed by atoms with van der Waals surface area (Å²) in [5, 5.41) is 3.76. The number of halogens is 1. The first-order valence-corrected chi connectivity index (χ1v) is 16.3. The first-order valence-electron chi connectivity index (χ1n) is 14.1. The van der Waals surface area contributed by atoms with Crippen molar-refractivity contribution in [2.75, 3.05) is 36.7 Å². The normalized spacial score (nSPS) is 14.8. The summed E-state index contributed by atoms with van der Waals surface area (Å²) in [7, 11) is -0.493. The molecular formula is C30H34ClN7O5S. The fraction of sp³-hybridized carbons (Fsp3) is 0.367. The van der Waals surface area contributed by atoms with Crippen LogP contribution in [0.3, 0.4) is 0 Å². The van der Waals surface area contributed by atoms with E-state index in [9.17, 15) is 18.0 Å². The zero-order valence-corrected chi connectivity index (χ0v) is 26.7. The fourth-order valence-electron chi connectivity index (χ4n) is 5.61. The van der Waals surface area contributed by atoms with E-state index in [1.807, 2.05) is 42.8 Å². The molecule has 44 heavy (non-hydrogen) atoms. The van der Waals surface area contributed by atoms with Gasteiger partial charge in [-0.25, -0.2) is 28.1 Å². The predicted molar refractivity (Wildman–Crippen MR) is 170 cm³/mol. The average Bonchev–Trinajstić information content (AvgIpc) is 2.99. The lowest BCUT2D eigenvalue weighted by Gasteiger charge is -2.34. The molecule has 4 heterocycles. The van der Waals surface area contributed by atoms with Crippen LogP contribution in [0.15, 0.2) is 47.4 Å². The molecule has 5 rings (SSSR count). The number of hydrogen-bond donors (Lipinski definition) is 2. The third-order valence-electron chi connectivity index (χ3n) is 7.74. The second-order valence-corrected chi connectivity index (χ2v) is 13.2. The van der Waals surface area contributed by atoms with Gasteiger partial charge in [0.2, 0.25) is 21.9 Å². The molecular weight excluding hydrogens is 606 g/mol. The number of aryl methyl sites for hydroxylation is 1. The van der Waals surface area contributed by atoms with Gasteiger partial charge in [-0.15, -0.1) is 0 Å². The second kappa shape index (κ2) is 12.4. The molecule has 4 aromatic rings. The van der Waals surface area contributed by atoms with Crippen LogP contribution in [0.5, 0.6) is 5.88 Å². The molecule has 1 atom stereocenters. The molecule has 0 spiro atoms. The molecule has 12 nitrogen and oxygen atoms in total. The lowest BCUT2D eigenvalue weighted by atomic mass is 9.90. The molecule has 1 aliphatic heterocycles. The molecule has 1 amide bonds. The van der Waals surface area contributed by atoms with Crippen molar-refractivity contribution >= 4 is 50.1 Å². The van der Waals surface area contributed by atoms with Crippen LogP contribution in [0, 0.1) is 6.92 Å². The van der Waals surface area contributed by atoms with E-state index in [1.165, 1.54) is 11.6 Å². The summed E-state index contributed by atoms with van der Waals surface area (Å²) in [5.74, 6) is 0.588. The number of amides is 1. The van der Waals surface area contributed by atoms with Crippen molar-refractivity contribution in [2.45, 2.75) is 38.6 Å². The van der Waals surface area contributed by atoms with Gasteiger partial charge in [0, 0.05) is 38.0 Å². The number of piperidine rings is 1. The summed E-state index contributed by atoms with van der Waals surface area (Å²) in [5.41, 5.74) is 3.26. The molecule has 1 fully saturated rings. The number of methoxy groups -OCH3 is 1. The number of sulfonamides is 1. The van der Waals surface area contributed by atoms with Gasteiger partial charge in [-0.1, -0.05) is 17.7 Å². The Morgan fingerprint density at radius 1 is 1.14 bits per heavy atom. The molecule has 0 unspecified atom stereocenters. The van der Waals surface area contributed by atoms with Crippen molar-refractivity contribution < 1.29 is 17.9 Å². The van der Waals surface area contributed by atoms with Crippen molar-refractivity contribution in [1.82, 2.24) is 24.2 Å². The lowest BCUT2D eigenvalue weighted by molar-refractivity contribution is 0.0977. The quantitative estimate of drug-likeness (QED) is 0.272. The fourth-order valence-corrected chi connectivity index (χ4v) is 6.19. The smallest absolute Gasteiger partial charge is 0.285 e. The van der Waals surface area contributed by atoms with E-state index in [2.05, 4.69) is 20.2 Å². The van der Waals surface area contributed by atoms with E-state index in [4.69, 9.17) is 21.3 Å². The number of anilines is 2. The van der Waals surface area contributed by atoms with Crippen molar-refractivity contribution in [2.24, 2.45) is 7.05 Å². The Hall–Kier alpha value is -4.23. The number of ether oxygens (including phenoxy) is 1. The number of benzene rings is 1. The van der Waals surface area contributed by atoms with E-state index in [-0.39, 0.29) is 22.1 Å². The number of pyridine rings is 2. The Kier molecular flexibility index (Phi) is 8.80. The molecule has 1 saturated heterocycles. The molecule has 2 N–H and O–H groups in total. The number of carbonyl (C=O) groups is 1. The Balaban J connectivity index is 1.47. The molecule has 0 radical (unpaired) electrons. The lowest BCUT2D eigenvalue weighted by Crippen LogP contribution is -2.37. The second-order valence-electron chi connectivity index (χ2n) is 11.0. The molecule has 0 aliphatic carbocycles. The summed E-state index contributed by atoms with van der Waals surface area (Å²) in [4.78, 5) is 41.9. The predicted octanol–water partition coefficient (Wildman–Crippen LogP) is 3.94. The highest BCUT2D eigenvalue weighted by Gasteiger charge is 2.26. The Morgan fingerprint density at radius 3 is 2.55 bits per heavy atom. The number of fused-ring (bicyclic) bond motifs is 1. The molecule has 232 valence electrons. The minimum atomic E-state index is -3.83. The van der Waals surface area contributed by atoms with Crippen LogP contribution in [-0.4, -0.2) is 60.3 Å². The van der Waals surface area contributed by atoms with Crippen LogP contribution in [-0.2, 0) is 17.1 Å². The van der Waals surface area contributed by atoms with Gasteiger partial charge in [0.25, 0.3) is 11.5 Å². The Labute approximate surface area is 260 Å². The summed E-state index contributed by atoms with van der Waals surface area (Å²) in [6, 6.07) is 10.4. The van der Waals surface area contributed by atoms with Gasteiger partial charge in [-0.05, 0) is 68.0 Å². The van der Waals surface area contributed by atoms with Gasteiger partial charge in [-0.3, -0.25) is 14.2 Å². The van der Waals surface area contributed by atoms with Crippen LogP contribution in [0.1, 0.15) is 58.9 Å². The topological polar surface area (TPSA) is 148 Å². The molecule has 14 heteroatoms. The van der Waals surface area contributed by atoms with Gasteiger partial charge in [0.15, 0.2) is 5.69 Å². The Bertz CT molecular complexity index is 1910. The maximum absolute atomic E-state index is 13.7. The summed E-state index contributed by atoms with van der Waals surface area (Å²) < 4.78 is 32.2. The largest absolute Gasteiger partial charge is 0.481 e. The molecule has 3 aromatic heterocycles. The van der Waals surface area contributed by atoms with E-state index < -0.39 is 22.0 Å². The van der Waals surface area contributed by atoms with Crippen molar-refractivity contribution in [3.8, 4) is 5.88 Å². The number of aromatic nitrogens is 4. The van der Waals surface area contributed by atoms with Gasteiger partial charge in [0.1, 0.15) is 5.15 Å². The number of rotatable bonds is 8. The highest BCUT2D eigenvalue weighted by Crippen LogP contribution is 2.33. The SMILES string of the molecule is COc1cc(C2CCN(c3nc4c([C@@H](C)Nc5ccc(Cl)nc5C(=O)NS(C)(=O)=O)cc(C)cc4c(=O)n3C)CC2)ccn1. The molecule has 0 saturated carbocycles. The van der Waals surface area contributed by atoms with Crippen molar-refractivity contribution in [1.29, 1.82) is 0 Å². The highest BCUT2D eigenvalue weighted by molar-refractivity contribution is 7.89. The van der Waals surface area contributed by atoms with E-state index >= 15 is 0 Å². The monoisotopic (exact) mass is 639 g/mol. The summed E-state index contributed by atoms with van der Waals surface area (Å²) >= 11 is 6.04. The van der Waals surface area contributed by atoms with Gasteiger partial charge in [-0.2, -0.15) is 0 Å². The van der Waals surface area contributed by atoms with Gasteiger partial charge >= 0.3 is 0 Å². The number of hydrogen-bond acceptors (Lipinski definition) is 10. The summed E-state index contributed by atoms with van der Waals surface area (Å²) in [6.45, 7) is 5.20. The number of carbonyl (C=O) groups excluding carboxylic acids is 1.